The molecule has 0 aliphatic rings. The van der Waals surface area contributed by atoms with Crippen LogP contribution in [0.2, 0.25) is 0 Å². The highest BCUT2D eigenvalue weighted by Crippen LogP contribution is 2.26. The lowest BCUT2D eigenvalue weighted by Crippen LogP contribution is -2.28. The van der Waals surface area contributed by atoms with Gasteiger partial charge in [0, 0.05) is 19.7 Å². The third-order valence-electron chi connectivity index (χ3n) is 3.65. The summed E-state index contributed by atoms with van der Waals surface area (Å²) < 4.78 is 1.94. The largest absolute Gasteiger partial charge is 0.396 e. The van der Waals surface area contributed by atoms with Gasteiger partial charge in [0.1, 0.15) is 12.1 Å². The van der Waals surface area contributed by atoms with E-state index in [1.165, 1.54) is 0 Å². The number of aliphatic hydroxyl groups is 1. The van der Waals surface area contributed by atoms with Crippen LogP contribution in [0.4, 0.5) is 5.82 Å². The number of hydrogen-bond donors (Lipinski definition) is 1. The van der Waals surface area contributed by atoms with Crippen molar-refractivity contribution in [2.24, 2.45) is 0 Å². The topological polar surface area (TPSA) is 67.1 Å². The van der Waals surface area contributed by atoms with E-state index in [-0.39, 0.29) is 12.1 Å². The van der Waals surface area contributed by atoms with Gasteiger partial charge in [-0.05, 0) is 33.6 Å². The quantitative estimate of drug-likeness (QED) is 0.851. The zero-order valence-electron chi connectivity index (χ0n) is 14.1. The van der Waals surface area contributed by atoms with Crippen molar-refractivity contribution in [1.82, 2.24) is 19.7 Å². The van der Waals surface area contributed by atoms with E-state index in [0.29, 0.717) is 0 Å². The van der Waals surface area contributed by atoms with Gasteiger partial charge in [-0.15, -0.1) is 0 Å². The number of nitrogens with zero attached hydrogens (tertiary/aromatic N) is 5. The summed E-state index contributed by atoms with van der Waals surface area (Å²) in [7, 11) is 0. The van der Waals surface area contributed by atoms with Crippen LogP contribution in [0, 0.1) is 0 Å². The molecular formula is C16H27N5O. The monoisotopic (exact) mass is 305 g/mol. The van der Waals surface area contributed by atoms with Crippen molar-refractivity contribution in [3.05, 3.63) is 12.5 Å². The molecule has 0 unspecified atom stereocenters. The van der Waals surface area contributed by atoms with E-state index in [2.05, 4.69) is 47.7 Å². The second kappa shape index (κ2) is 7.05. The molecular weight excluding hydrogens is 278 g/mol. The Kier molecular flexibility index (Phi) is 5.34. The molecule has 0 bridgehead atoms. The van der Waals surface area contributed by atoms with Crippen LogP contribution in [0.15, 0.2) is 12.5 Å². The zero-order valence-corrected chi connectivity index (χ0v) is 14.1. The molecule has 0 radical (unpaired) electrons. The van der Waals surface area contributed by atoms with Gasteiger partial charge in [-0.1, -0.05) is 13.3 Å². The Balaban J connectivity index is 2.42. The summed E-state index contributed by atoms with van der Waals surface area (Å²) in [5.74, 6) is 0.919. The molecule has 0 saturated carbocycles. The first-order chi connectivity index (χ1) is 10.5. The maximum absolute atomic E-state index is 9.14. The fourth-order valence-electron chi connectivity index (χ4n) is 2.51. The summed E-state index contributed by atoms with van der Waals surface area (Å²) in [5.41, 5.74) is 0.746. The molecule has 1 N–H and O–H groups in total. The van der Waals surface area contributed by atoms with Crippen molar-refractivity contribution in [3.8, 4) is 0 Å². The number of aliphatic hydroxyl groups excluding tert-OH is 1. The van der Waals surface area contributed by atoms with E-state index in [1.807, 2.05) is 10.9 Å². The number of unbranched alkanes of at least 4 members (excludes halogenated alkanes) is 1. The molecule has 2 heterocycles. The molecule has 0 amide bonds. The third-order valence-corrected chi connectivity index (χ3v) is 3.65. The van der Waals surface area contributed by atoms with E-state index >= 15 is 0 Å². The minimum Gasteiger partial charge on any atom is -0.396 e. The van der Waals surface area contributed by atoms with Crippen LogP contribution < -0.4 is 4.90 Å². The Morgan fingerprint density at radius 3 is 2.55 bits per heavy atom. The molecule has 122 valence electrons. The standard InChI is InChI=1S/C16H27N5O/c1-5-6-8-20(9-7-10-22)14-13-11-19-21(16(2,3)4)15(13)18-12-17-14/h11-12,22H,5-10H2,1-4H3. The van der Waals surface area contributed by atoms with Gasteiger partial charge in [-0.25, -0.2) is 14.6 Å². The average Bonchev–Trinajstić information content (AvgIpc) is 2.91. The Morgan fingerprint density at radius 1 is 1.18 bits per heavy atom. The highest BCUT2D eigenvalue weighted by Gasteiger charge is 2.21. The smallest absolute Gasteiger partial charge is 0.163 e. The highest BCUT2D eigenvalue weighted by molar-refractivity contribution is 5.86. The van der Waals surface area contributed by atoms with E-state index in [0.717, 1.165) is 49.2 Å². The van der Waals surface area contributed by atoms with Gasteiger partial charge < -0.3 is 10.0 Å². The van der Waals surface area contributed by atoms with Gasteiger partial charge in [-0.3, -0.25) is 0 Å². The minimum absolute atomic E-state index is 0.118. The summed E-state index contributed by atoms with van der Waals surface area (Å²) in [6.45, 7) is 10.4. The van der Waals surface area contributed by atoms with Crippen LogP contribution >= 0.6 is 0 Å². The minimum atomic E-state index is -0.118. The fourth-order valence-corrected chi connectivity index (χ4v) is 2.51. The van der Waals surface area contributed by atoms with Crippen molar-refractivity contribution >= 4 is 16.9 Å². The van der Waals surface area contributed by atoms with Gasteiger partial charge in [0.05, 0.1) is 17.1 Å². The predicted molar refractivity (Wildman–Crippen MR) is 89.1 cm³/mol. The molecule has 0 fully saturated rings. The predicted octanol–water partition coefficient (Wildman–Crippen LogP) is 2.57. The number of anilines is 1. The Bertz CT molecular complexity index is 594. The summed E-state index contributed by atoms with van der Waals surface area (Å²) in [4.78, 5) is 11.1. The normalized spacial score (nSPS) is 12.0. The number of aromatic nitrogens is 4. The first-order valence-corrected chi connectivity index (χ1v) is 8.04. The van der Waals surface area contributed by atoms with Gasteiger partial charge >= 0.3 is 0 Å². The van der Waals surface area contributed by atoms with Crippen LogP contribution in [0.25, 0.3) is 11.0 Å². The molecule has 0 spiro atoms. The second-order valence-electron chi connectivity index (χ2n) is 6.58. The molecule has 2 aromatic heterocycles. The lowest BCUT2D eigenvalue weighted by Gasteiger charge is -2.24. The van der Waals surface area contributed by atoms with Gasteiger partial charge in [0.15, 0.2) is 5.65 Å². The molecule has 6 heteroatoms. The van der Waals surface area contributed by atoms with E-state index in [4.69, 9.17) is 5.11 Å². The van der Waals surface area contributed by atoms with Crippen LogP contribution in [-0.4, -0.2) is 44.6 Å². The molecule has 0 aliphatic heterocycles. The summed E-state index contributed by atoms with van der Waals surface area (Å²) in [6, 6.07) is 0. The second-order valence-corrected chi connectivity index (χ2v) is 6.58. The number of hydrogen-bond acceptors (Lipinski definition) is 5. The SMILES string of the molecule is CCCCN(CCCO)c1ncnc2c1cnn2C(C)(C)C. The Labute approximate surface area is 132 Å². The molecule has 2 rings (SSSR count). The first kappa shape index (κ1) is 16.7. The van der Waals surface area contributed by atoms with Gasteiger partial charge in [-0.2, -0.15) is 5.10 Å². The highest BCUT2D eigenvalue weighted by atomic mass is 16.3. The summed E-state index contributed by atoms with van der Waals surface area (Å²) in [6.07, 6.45) is 6.44. The Hall–Kier alpha value is -1.69. The molecule has 0 atom stereocenters. The van der Waals surface area contributed by atoms with E-state index in [1.54, 1.807) is 6.33 Å². The molecule has 0 aromatic carbocycles. The van der Waals surface area contributed by atoms with Crippen LogP contribution in [0.5, 0.6) is 0 Å². The maximum atomic E-state index is 9.14. The van der Waals surface area contributed by atoms with Crippen molar-refractivity contribution in [2.45, 2.75) is 52.5 Å². The first-order valence-electron chi connectivity index (χ1n) is 8.04. The van der Waals surface area contributed by atoms with Crippen molar-refractivity contribution < 1.29 is 5.11 Å². The van der Waals surface area contributed by atoms with Gasteiger partial charge in [0.25, 0.3) is 0 Å². The van der Waals surface area contributed by atoms with Gasteiger partial charge in [0.2, 0.25) is 0 Å². The molecule has 6 nitrogen and oxygen atoms in total. The summed E-state index contributed by atoms with van der Waals surface area (Å²) in [5, 5.41) is 14.6. The van der Waals surface area contributed by atoms with Crippen LogP contribution in [-0.2, 0) is 5.54 Å². The molecule has 22 heavy (non-hydrogen) atoms. The Morgan fingerprint density at radius 2 is 1.91 bits per heavy atom. The van der Waals surface area contributed by atoms with E-state index < -0.39 is 0 Å². The van der Waals surface area contributed by atoms with E-state index in [9.17, 15) is 0 Å². The molecule has 2 aromatic rings. The molecule has 0 saturated heterocycles. The average molecular weight is 305 g/mol. The van der Waals surface area contributed by atoms with Crippen LogP contribution in [0.1, 0.15) is 47.0 Å². The van der Waals surface area contributed by atoms with Crippen molar-refractivity contribution in [1.29, 1.82) is 0 Å². The zero-order chi connectivity index (χ0) is 16.2. The third kappa shape index (κ3) is 3.55. The lowest BCUT2D eigenvalue weighted by atomic mass is 10.1. The maximum Gasteiger partial charge on any atom is 0.163 e. The van der Waals surface area contributed by atoms with Crippen molar-refractivity contribution in [2.75, 3.05) is 24.6 Å². The number of fused-ring (bicyclic) bond motifs is 1. The lowest BCUT2D eigenvalue weighted by molar-refractivity contribution is 0.289. The van der Waals surface area contributed by atoms with Crippen LogP contribution in [0.3, 0.4) is 0 Å². The fraction of sp³-hybridized carbons (Fsp3) is 0.688. The number of rotatable bonds is 7. The van der Waals surface area contributed by atoms with Crippen molar-refractivity contribution in [3.63, 3.8) is 0 Å². The molecule has 0 aliphatic carbocycles. The summed E-state index contributed by atoms with van der Waals surface area (Å²) >= 11 is 0.